The Labute approximate surface area is 173 Å². The molecule has 0 saturated carbocycles. The van der Waals surface area contributed by atoms with Gasteiger partial charge in [0.1, 0.15) is 0 Å². The zero-order chi connectivity index (χ0) is 22.1. The van der Waals surface area contributed by atoms with Crippen LogP contribution in [0.25, 0.3) is 22.2 Å². The summed E-state index contributed by atoms with van der Waals surface area (Å²) in [5.74, 6) is 0. The van der Waals surface area contributed by atoms with E-state index in [1.165, 1.54) is 11.8 Å². The van der Waals surface area contributed by atoms with Gasteiger partial charge >= 0.3 is 12.4 Å². The summed E-state index contributed by atoms with van der Waals surface area (Å²) in [5.41, 5.74) is 4.17. The van der Waals surface area contributed by atoms with E-state index in [1.54, 1.807) is 18.2 Å². The van der Waals surface area contributed by atoms with Gasteiger partial charge < -0.3 is 10.7 Å². The van der Waals surface area contributed by atoms with Gasteiger partial charge in [0.25, 0.3) is 0 Å². The molecule has 0 amide bonds. The molecule has 0 unspecified atom stereocenters. The minimum absolute atomic E-state index is 0.175. The van der Waals surface area contributed by atoms with E-state index in [4.69, 9.17) is 5.73 Å². The van der Waals surface area contributed by atoms with E-state index in [0.29, 0.717) is 36.2 Å². The zero-order valence-corrected chi connectivity index (χ0v) is 16.9. The lowest BCUT2D eigenvalue weighted by Crippen LogP contribution is -2.11. The Morgan fingerprint density at radius 3 is 2.27 bits per heavy atom. The molecule has 2 aromatic carbocycles. The summed E-state index contributed by atoms with van der Waals surface area (Å²) in [6, 6.07) is 8.07. The summed E-state index contributed by atoms with van der Waals surface area (Å²) in [6.07, 6.45) is -6.60. The third kappa shape index (κ3) is 4.46. The number of alkyl halides is 6. The lowest BCUT2D eigenvalue weighted by atomic mass is 9.96. The third-order valence-corrected chi connectivity index (χ3v) is 5.69. The largest absolute Gasteiger partial charge is 0.417 e. The summed E-state index contributed by atoms with van der Waals surface area (Å²) < 4.78 is 81.3. The molecule has 0 fully saturated rings. The molecule has 9 heteroatoms. The quantitative estimate of drug-likeness (QED) is 0.246. The normalized spacial score (nSPS) is 12.7. The van der Waals surface area contributed by atoms with E-state index in [2.05, 4.69) is 4.98 Å². The van der Waals surface area contributed by atoms with E-state index in [1.807, 2.05) is 12.3 Å². The molecule has 0 spiro atoms. The van der Waals surface area contributed by atoms with Gasteiger partial charge in [-0.2, -0.15) is 26.3 Å². The van der Waals surface area contributed by atoms with Crippen LogP contribution in [0.15, 0.2) is 41.3 Å². The SMILES string of the molecule is CSc1ccccc1-c1[nH]c2cc(C(F)(F)F)cc(C(F)(F)F)c2c1CCCCN. The van der Waals surface area contributed by atoms with E-state index in [9.17, 15) is 26.3 Å². The van der Waals surface area contributed by atoms with Gasteiger partial charge in [-0.05, 0) is 55.8 Å². The molecule has 0 bridgehead atoms. The lowest BCUT2D eigenvalue weighted by Gasteiger charge is -2.14. The molecule has 3 aromatic rings. The van der Waals surface area contributed by atoms with Crippen molar-refractivity contribution < 1.29 is 26.3 Å². The molecule has 0 aliphatic carbocycles. The molecule has 0 saturated heterocycles. The number of thioether (sulfide) groups is 1. The van der Waals surface area contributed by atoms with Gasteiger partial charge in [0.2, 0.25) is 0 Å². The van der Waals surface area contributed by atoms with Gasteiger partial charge in [0.15, 0.2) is 0 Å². The molecule has 1 aromatic heterocycles. The van der Waals surface area contributed by atoms with Crippen LogP contribution < -0.4 is 5.73 Å². The molecule has 162 valence electrons. The highest BCUT2D eigenvalue weighted by Gasteiger charge is 2.39. The van der Waals surface area contributed by atoms with Crippen molar-refractivity contribution in [2.45, 2.75) is 36.5 Å². The first-order chi connectivity index (χ1) is 14.1. The minimum atomic E-state index is -4.93. The average Bonchev–Trinajstić information content (AvgIpc) is 3.04. The summed E-state index contributed by atoms with van der Waals surface area (Å²) >= 11 is 1.41. The maximum atomic E-state index is 13.8. The molecule has 2 nitrogen and oxygen atoms in total. The van der Waals surface area contributed by atoms with E-state index >= 15 is 0 Å². The topological polar surface area (TPSA) is 41.8 Å². The maximum Gasteiger partial charge on any atom is 0.417 e. The number of aromatic nitrogens is 1. The van der Waals surface area contributed by atoms with Crippen LogP contribution in [-0.2, 0) is 18.8 Å². The number of hydrogen-bond donors (Lipinski definition) is 2. The van der Waals surface area contributed by atoms with Gasteiger partial charge in [-0.1, -0.05) is 18.2 Å². The number of fused-ring (bicyclic) bond motifs is 1. The van der Waals surface area contributed by atoms with E-state index < -0.39 is 23.5 Å². The van der Waals surface area contributed by atoms with Crippen molar-refractivity contribution in [1.29, 1.82) is 0 Å². The molecule has 0 radical (unpaired) electrons. The Kier molecular flexibility index (Phi) is 6.43. The second kappa shape index (κ2) is 8.55. The highest BCUT2D eigenvalue weighted by molar-refractivity contribution is 7.98. The Balaban J connectivity index is 2.37. The van der Waals surface area contributed by atoms with Gasteiger partial charge in [-0.3, -0.25) is 0 Å². The number of unbranched alkanes of at least 4 members (excludes halogenated alkanes) is 1. The standard InChI is InChI=1S/C21H20F6N2S/c1-30-17-8-3-2-6-13(17)19-14(7-4-5-9-28)18-15(21(25,26)27)10-12(20(22,23)24)11-16(18)29-19/h2-3,6,8,10-11,29H,4-5,7,9,28H2,1H3. The van der Waals surface area contributed by atoms with Crippen LogP contribution >= 0.6 is 11.8 Å². The molecule has 0 atom stereocenters. The predicted octanol–water partition coefficient (Wildman–Crippen LogP) is 6.88. The molecular formula is C21H20F6N2S. The van der Waals surface area contributed by atoms with Gasteiger partial charge in [0, 0.05) is 21.4 Å². The molecular weight excluding hydrogens is 426 g/mol. The van der Waals surface area contributed by atoms with Crippen LogP contribution in [0.2, 0.25) is 0 Å². The van der Waals surface area contributed by atoms with Crippen LogP contribution in [0, 0.1) is 0 Å². The van der Waals surface area contributed by atoms with Gasteiger partial charge in [-0.25, -0.2) is 0 Å². The number of aryl methyl sites for hydroxylation is 1. The first kappa shape index (κ1) is 22.6. The van der Waals surface area contributed by atoms with Crippen molar-refractivity contribution in [2.24, 2.45) is 5.73 Å². The van der Waals surface area contributed by atoms with Crippen molar-refractivity contribution in [3.8, 4) is 11.3 Å². The molecule has 0 aliphatic rings. The summed E-state index contributed by atoms with van der Waals surface area (Å²) in [7, 11) is 0. The summed E-state index contributed by atoms with van der Waals surface area (Å²) in [5, 5.41) is -0.210. The monoisotopic (exact) mass is 446 g/mol. The highest BCUT2D eigenvalue weighted by atomic mass is 32.2. The number of nitrogens with one attached hydrogen (secondary N) is 1. The number of benzene rings is 2. The Hall–Kier alpha value is -2.13. The first-order valence-electron chi connectivity index (χ1n) is 9.24. The Bertz CT molecular complexity index is 1040. The summed E-state index contributed by atoms with van der Waals surface area (Å²) in [6.45, 7) is 0.378. The van der Waals surface area contributed by atoms with Crippen molar-refractivity contribution in [3.63, 3.8) is 0 Å². The molecule has 3 N–H and O–H groups in total. The average molecular weight is 446 g/mol. The fraction of sp³-hybridized carbons (Fsp3) is 0.333. The van der Waals surface area contributed by atoms with Gasteiger partial charge in [0.05, 0.1) is 16.8 Å². The number of halogens is 6. The lowest BCUT2D eigenvalue weighted by molar-refractivity contribution is -0.142. The number of hydrogen-bond acceptors (Lipinski definition) is 2. The van der Waals surface area contributed by atoms with Crippen LogP contribution in [0.1, 0.15) is 29.5 Å². The fourth-order valence-electron chi connectivity index (χ4n) is 3.57. The van der Waals surface area contributed by atoms with Crippen molar-refractivity contribution in [1.82, 2.24) is 4.98 Å². The Morgan fingerprint density at radius 1 is 0.967 bits per heavy atom. The highest BCUT2D eigenvalue weighted by Crippen LogP contribution is 2.44. The van der Waals surface area contributed by atoms with E-state index in [0.717, 1.165) is 11.0 Å². The fourth-order valence-corrected chi connectivity index (χ4v) is 4.17. The van der Waals surface area contributed by atoms with Crippen LogP contribution in [0.4, 0.5) is 26.3 Å². The molecule has 0 aliphatic heterocycles. The first-order valence-corrected chi connectivity index (χ1v) is 10.5. The third-order valence-electron chi connectivity index (χ3n) is 4.89. The molecule has 1 heterocycles. The number of nitrogens with two attached hydrogens (primary N) is 1. The maximum absolute atomic E-state index is 13.8. The Morgan fingerprint density at radius 2 is 1.67 bits per heavy atom. The van der Waals surface area contributed by atoms with Gasteiger partial charge in [-0.15, -0.1) is 11.8 Å². The van der Waals surface area contributed by atoms with Crippen LogP contribution in [0.3, 0.4) is 0 Å². The smallest absolute Gasteiger partial charge is 0.354 e. The predicted molar refractivity (Wildman–Crippen MR) is 108 cm³/mol. The number of rotatable bonds is 6. The van der Waals surface area contributed by atoms with Crippen LogP contribution in [0.5, 0.6) is 0 Å². The minimum Gasteiger partial charge on any atom is -0.354 e. The van der Waals surface area contributed by atoms with Crippen LogP contribution in [-0.4, -0.2) is 17.8 Å². The molecule has 30 heavy (non-hydrogen) atoms. The van der Waals surface area contributed by atoms with Crippen molar-refractivity contribution in [3.05, 3.63) is 53.1 Å². The molecule has 3 rings (SSSR count). The number of H-pyrrole nitrogens is 1. The second-order valence-corrected chi connectivity index (χ2v) is 7.71. The zero-order valence-electron chi connectivity index (χ0n) is 16.0. The van der Waals surface area contributed by atoms with Crippen molar-refractivity contribution >= 4 is 22.7 Å². The number of aromatic amines is 1. The van der Waals surface area contributed by atoms with E-state index in [-0.39, 0.29) is 23.4 Å². The summed E-state index contributed by atoms with van der Waals surface area (Å²) in [4.78, 5) is 3.68. The van der Waals surface area contributed by atoms with Crippen molar-refractivity contribution in [2.75, 3.05) is 12.8 Å². The second-order valence-electron chi connectivity index (χ2n) is 6.87.